The van der Waals surface area contributed by atoms with Crippen molar-refractivity contribution in [1.82, 2.24) is 14.9 Å². The molecule has 0 bridgehead atoms. The molecule has 13 heteroatoms. The Morgan fingerprint density at radius 1 is 0.930 bits per heavy atom. The van der Waals surface area contributed by atoms with E-state index >= 15 is 0 Å². The van der Waals surface area contributed by atoms with Gasteiger partial charge in [-0.3, -0.25) is 14.4 Å². The Morgan fingerprint density at radius 2 is 1.65 bits per heavy atom. The summed E-state index contributed by atoms with van der Waals surface area (Å²) in [4.78, 5) is 48.5. The number of hydrogen-bond acceptors (Lipinski definition) is 6. The number of anilines is 1. The molecule has 3 aromatic carbocycles. The number of carboxylic acid groups (broad SMARTS) is 1. The molecular formula is C44H46ClF3N4O5. The van der Waals surface area contributed by atoms with Crippen LogP contribution >= 0.6 is 11.6 Å². The molecule has 1 unspecified atom stereocenters. The van der Waals surface area contributed by atoms with E-state index in [1.165, 1.54) is 81.5 Å². The quantitative estimate of drug-likeness (QED) is 0.138. The number of halogens is 4. The Bertz CT molecular complexity index is 2100. The van der Waals surface area contributed by atoms with Gasteiger partial charge in [-0.15, -0.1) is 0 Å². The van der Waals surface area contributed by atoms with Gasteiger partial charge in [0, 0.05) is 35.8 Å². The SMILES string of the molecule is CCC1CCC(C2CC=C(c3cnc(-c4ccc(CN(CC(=O)O)C(=O)c5ccc(NC(=O)Cc6ccc(OC)cc6C(F)(F)F)cc5Cl)cc4)nc3)CC2)CC1. The van der Waals surface area contributed by atoms with Crippen LogP contribution in [0.25, 0.3) is 17.0 Å². The van der Waals surface area contributed by atoms with Crippen molar-refractivity contribution in [3.8, 4) is 17.1 Å². The summed E-state index contributed by atoms with van der Waals surface area (Å²) in [5, 5.41) is 12.0. The number of aromatic nitrogens is 2. The largest absolute Gasteiger partial charge is 0.497 e. The topological polar surface area (TPSA) is 122 Å². The van der Waals surface area contributed by atoms with Gasteiger partial charge in [-0.25, -0.2) is 9.97 Å². The number of nitrogens with one attached hydrogen (secondary N) is 1. The van der Waals surface area contributed by atoms with Gasteiger partial charge in [0.05, 0.1) is 29.7 Å². The second-order valence-electron chi connectivity index (χ2n) is 14.9. The van der Waals surface area contributed by atoms with Crippen LogP contribution in [0.5, 0.6) is 5.75 Å². The first-order valence-electron chi connectivity index (χ1n) is 19.3. The maximum Gasteiger partial charge on any atom is 0.416 e. The number of allylic oxidation sites excluding steroid dienone is 2. The summed E-state index contributed by atoms with van der Waals surface area (Å²) in [5.41, 5.74) is 2.64. The number of methoxy groups -OCH3 is 1. The van der Waals surface area contributed by atoms with Crippen LogP contribution in [-0.4, -0.2) is 51.4 Å². The molecule has 0 spiro atoms. The monoisotopic (exact) mass is 802 g/mol. The van der Waals surface area contributed by atoms with Crippen molar-refractivity contribution in [2.45, 2.75) is 77.4 Å². The predicted octanol–water partition coefficient (Wildman–Crippen LogP) is 10.1. The molecule has 2 N–H and O–H groups in total. The third-order valence-electron chi connectivity index (χ3n) is 11.3. The van der Waals surface area contributed by atoms with Crippen molar-refractivity contribution >= 4 is 40.6 Å². The van der Waals surface area contributed by atoms with E-state index in [0.717, 1.165) is 52.7 Å². The summed E-state index contributed by atoms with van der Waals surface area (Å²) in [6.07, 6.45) is 10.9. The van der Waals surface area contributed by atoms with E-state index in [1.54, 1.807) is 12.1 Å². The number of rotatable bonds is 13. The number of carbonyl (C=O) groups is 3. The average Bonchev–Trinajstić information content (AvgIpc) is 3.20. The number of alkyl halides is 3. The van der Waals surface area contributed by atoms with Gasteiger partial charge in [0.25, 0.3) is 5.91 Å². The van der Waals surface area contributed by atoms with E-state index in [-0.39, 0.29) is 34.1 Å². The lowest BCUT2D eigenvalue weighted by Gasteiger charge is -2.35. The lowest BCUT2D eigenvalue weighted by molar-refractivity contribution is -0.139. The highest BCUT2D eigenvalue weighted by atomic mass is 35.5. The molecule has 6 rings (SSSR count). The highest BCUT2D eigenvalue weighted by Gasteiger charge is 2.34. The second-order valence-corrected chi connectivity index (χ2v) is 15.3. The third kappa shape index (κ3) is 10.6. The van der Waals surface area contributed by atoms with Gasteiger partial charge in [0.15, 0.2) is 5.82 Å². The zero-order valence-corrected chi connectivity index (χ0v) is 32.7. The molecular weight excluding hydrogens is 757 g/mol. The molecule has 9 nitrogen and oxygen atoms in total. The minimum atomic E-state index is -4.70. The lowest BCUT2D eigenvalue weighted by atomic mass is 9.71. The van der Waals surface area contributed by atoms with Gasteiger partial charge in [-0.05, 0) is 96.9 Å². The van der Waals surface area contributed by atoms with Gasteiger partial charge in [0.1, 0.15) is 12.3 Å². The van der Waals surface area contributed by atoms with Crippen LogP contribution < -0.4 is 10.1 Å². The van der Waals surface area contributed by atoms with Crippen LogP contribution in [0.1, 0.15) is 90.9 Å². The molecule has 1 atom stereocenters. The molecule has 4 aromatic rings. The minimum Gasteiger partial charge on any atom is -0.497 e. The molecule has 1 aromatic heterocycles. The van der Waals surface area contributed by atoms with E-state index < -0.39 is 42.5 Å². The summed E-state index contributed by atoms with van der Waals surface area (Å²) >= 11 is 6.44. The number of aliphatic carboxylic acids is 1. The van der Waals surface area contributed by atoms with E-state index in [1.807, 2.05) is 24.5 Å². The Labute approximate surface area is 335 Å². The number of amides is 2. The predicted molar refractivity (Wildman–Crippen MR) is 213 cm³/mol. The maximum atomic E-state index is 13.6. The van der Waals surface area contributed by atoms with E-state index in [9.17, 15) is 32.7 Å². The van der Waals surface area contributed by atoms with Crippen molar-refractivity contribution in [3.63, 3.8) is 0 Å². The third-order valence-corrected chi connectivity index (χ3v) is 11.6. The number of benzene rings is 3. The molecule has 0 saturated heterocycles. The molecule has 57 heavy (non-hydrogen) atoms. The first-order valence-corrected chi connectivity index (χ1v) is 19.6. The second kappa shape index (κ2) is 18.4. The fourth-order valence-electron chi connectivity index (χ4n) is 8.01. The van der Waals surface area contributed by atoms with Gasteiger partial charge in [-0.2, -0.15) is 13.2 Å². The first kappa shape index (κ1) is 41.4. The zero-order chi connectivity index (χ0) is 40.7. The molecule has 300 valence electrons. The molecule has 1 fully saturated rings. The lowest BCUT2D eigenvalue weighted by Crippen LogP contribution is -2.35. The Morgan fingerprint density at radius 3 is 2.25 bits per heavy atom. The van der Waals surface area contributed by atoms with Crippen LogP contribution in [0.2, 0.25) is 5.02 Å². The average molecular weight is 803 g/mol. The summed E-state index contributed by atoms with van der Waals surface area (Å²) < 4.78 is 45.8. The Kier molecular flexibility index (Phi) is 13.3. The van der Waals surface area contributed by atoms with Gasteiger partial charge in [0.2, 0.25) is 5.91 Å². The normalized spacial score (nSPS) is 18.4. The summed E-state index contributed by atoms with van der Waals surface area (Å²) in [6, 6.07) is 14.5. The fraction of sp³-hybridized carbons (Fsp3) is 0.386. The molecule has 2 aliphatic rings. The van der Waals surface area contributed by atoms with Crippen LogP contribution in [0.4, 0.5) is 18.9 Å². The van der Waals surface area contributed by atoms with Gasteiger partial charge >= 0.3 is 12.1 Å². The summed E-state index contributed by atoms with van der Waals surface area (Å²) in [7, 11) is 1.24. The highest BCUT2D eigenvalue weighted by molar-refractivity contribution is 6.34. The summed E-state index contributed by atoms with van der Waals surface area (Å²) in [5.74, 6) is 0.436. The number of carbonyl (C=O) groups excluding carboxylic acids is 2. The Hall–Kier alpha value is -5.23. The van der Waals surface area contributed by atoms with E-state index in [2.05, 4.69) is 28.3 Å². The molecule has 0 aliphatic heterocycles. The number of nitrogens with zero attached hydrogens (tertiary/aromatic N) is 3. The zero-order valence-electron chi connectivity index (χ0n) is 31.9. The molecule has 1 heterocycles. The number of ether oxygens (including phenoxy) is 1. The van der Waals surface area contributed by atoms with Crippen molar-refractivity contribution < 1.29 is 37.4 Å². The first-order chi connectivity index (χ1) is 27.3. The van der Waals surface area contributed by atoms with Gasteiger partial charge in [-0.1, -0.05) is 74.2 Å². The van der Waals surface area contributed by atoms with Crippen molar-refractivity contribution in [2.24, 2.45) is 17.8 Å². The fourth-order valence-corrected chi connectivity index (χ4v) is 8.27. The highest BCUT2D eigenvalue weighted by Crippen LogP contribution is 2.42. The van der Waals surface area contributed by atoms with Gasteiger partial charge < -0.3 is 20.1 Å². The molecule has 2 amide bonds. The molecule has 1 saturated carbocycles. The smallest absolute Gasteiger partial charge is 0.416 e. The standard InChI is InChI=1S/C44H46ClF3N4O5/c1-3-27-4-8-29(9-5-27)30-12-14-31(15-13-30)34-23-49-42(50-24-34)32-10-6-28(7-11-32)25-52(26-41(54)55)43(56)37-19-17-35(21-39(37)45)51-40(53)20-33-16-18-36(57-2)22-38(33)44(46,47)48/h6-7,10-11,14,16-19,21-24,27,29-30H,3-5,8-9,12-13,15,20,25-26H2,1-2H3,(H,51,53)(H,54,55). The number of carboxylic acids is 1. The maximum absolute atomic E-state index is 13.6. The Balaban J connectivity index is 1.06. The van der Waals surface area contributed by atoms with Crippen molar-refractivity contribution in [3.05, 3.63) is 112 Å². The minimum absolute atomic E-state index is 0.00224. The van der Waals surface area contributed by atoms with Crippen LogP contribution in [0.3, 0.4) is 0 Å². The van der Waals surface area contributed by atoms with E-state index in [4.69, 9.17) is 16.3 Å². The van der Waals surface area contributed by atoms with Crippen LogP contribution in [0, 0.1) is 17.8 Å². The van der Waals surface area contributed by atoms with Crippen LogP contribution in [-0.2, 0) is 28.7 Å². The van der Waals surface area contributed by atoms with Crippen molar-refractivity contribution in [1.29, 1.82) is 0 Å². The molecule has 2 aliphatic carbocycles. The summed E-state index contributed by atoms with van der Waals surface area (Å²) in [6.45, 7) is 1.65. The van der Waals surface area contributed by atoms with Crippen molar-refractivity contribution in [2.75, 3.05) is 19.0 Å². The number of hydrogen-bond donors (Lipinski definition) is 2. The van der Waals surface area contributed by atoms with E-state index in [0.29, 0.717) is 11.4 Å². The van der Waals surface area contributed by atoms with Crippen LogP contribution in [0.15, 0.2) is 79.1 Å². The molecule has 0 radical (unpaired) electrons.